The Labute approximate surface area is 156 Å². The lowest BCUT2D eigenvalue weighted by atomic mass is 10.1. The summed E-state index contributed by atoms with van der Waals surface area (Å²) >= 11 is 0. The molecule has 2 amide bonds. The third kappa shape index (κ3) is 6.37. The van der Waals surface area contributed by atoms with Gasteiger partial charge in [0.15, 0.2) is 0 Å². The molecule has 2 rings (SSSR count). The van der Waals surface area contributed by atoms with Gasteiger partial charge in [0.05, 0.1) is 11.5 Å². The molecule has 0 heterocycles. The van der Waals surface area contributed by atoms with Gasteiger partial charge in [0.1, 0.15) is 0 Å². The summed E-state index contributed by atoms with van der Waals surface area (Å²) in [6.45, 7) is 0.805. The highest BCUT2D eigenvalue weighted by atomic mass is 16.6. The number of hydrogen-bond acceptors (Lipinski definition) is 5. The molecule has 0 aliphatic heterocycles. The van der Waals surface area contributed by atoms with Crippen molar-refractivity contribution < 1.29 is 19.2 Å². The number of amides is 2. The van der Waals surface area contributed by atoms with Crippen LogP contribution in [0.1, 0.15) is 15.9 Å². The maximum atomic E-state index is 12.0. The highest BCUT2D eigenvalue weighted by molar-refractivity contribution is 6.03. The Morgan fingerprint density at radius 2 is 1.93 bits per heavy atom. The number of carbonyl (C=O) groups excluding carboxylic acids is 2. The fourth-order valence-electron chi connectivity index (χ4n) is 2.17. The van der Waals surface area contributed by atoms with Gasteiger partial charge in [0.2, 0.25) is 5.91 Å². The zero-order valence-electron chi connectivity index (χ0n) is 14.7. The summed E-state index contributed by atoms with van der Waals surface area (Å²) in [5.74, 6) is -0.644. The topological polar surface area (TPSA) is 111 Å². The highest BCUT2D eigenvalue weighted by Gasteiger charge is 2.07. The van der Waals surface area contributed by atoms with Crippen molar-refractivity contribution in [3.8, 4) is 0 Å². The van der Waals surface area contributed by atoms with Crippen LogP contribution in [0.2, 0.25) is 0 Å². The Morgan fingerprint density at radius 1 is 1.19 bits per heavy atom. The SMILES string of the molecule is COCCNC(=O)c1cccc(NC(=O)/C=C/c2ccc([N+](=O)[O-])cc2)c1. The normalized spacial score (nSPS) is 10.6. The number of hydrogen-bond donors (Lipinski definition) is 2. The van der Waals surface area contributed by atoms with Gasteiger partial charge in [-0.2, -0.15) is 0 Å². The predicted molar refractivity (Wildman–Crippen MR) is 101 cm³/mol. The van der Waals surface area contributed by atoms with Crippen molar-refractivity contribution in [3.63, 3.8) is 0 Å². The fourth-order valence-corrected chi connectivity index (χ4v) is 2.17. The third-order valence-electron chi connectivity index (χ3n) is 3.52. The molecular formula is C19H19N3O5. The number of nitro benzene ring substituents is 1. The number of rotatable bonds is 8. The minimum absolute atomic E-state index is 0.0165. The first-order valence-corrected chi connectivity index (χ1v) is 8.10. The minimum atomic E-state index is -0.487. The summed E-state index contributed by atoms with van der Waals surface area (Å²) < 4.78 is 4.87. The summed E-state index contributed by atoms with van der Waals surface area (Å²) in [6.07, 6.45) is 2.85. The number of nitro groups is 1. The summed E-state index contributed by atoms with van der Waals surface area (Å²) in [7, 11) is 1.55. The van der Waals surface area contributed by atoms with Crippen LogP contribution in [0, 0.1) is 10.1 Å². The van der Waals surface area contributed by atoms with E-state index in [2.05, 4.69) is 10.6 Å². The lowest BCUT2D eigenvalue weighted by molar-refractivity contribution is -0.384. The molecular weight excluding hydrogens is 350 g/mol. The van der Waals surface area contributed by atoms with E-state index in [9.17, 15) is 19.7 Å². The van der Waals surface area contributed by atoms with E-state index in [0.29, 0.717) is 30.0 Å². The molecule has 0 aliphatic rings. The minimum Gasteiger partial charge on any atom is -0.383 e. The van der Waals surface area contributed by atoms with Gasteiger partial charge >= 0.3 is 0 Å². The van der Waals surface area contributed by atoms with Crippen molar-refractivity contribution in [3.05, 3.63) is 75.8 Å². The first-order valence-electron chi connectivity index (χ1n) is 8.10. The maximum Gasteiger partial charge on any atom is 0.269 e. The number of non-ortho nitro benzene ring substituents is 1. The second-order valence-corrected chi connectivity index (χ2v) is 5.50. The van der Waals surface area contributed by atoms with E-state index in [1.807, 2.05) is 0 Å². The van der Waals surface area contributed by atoms with Crippen molar-refractivity contribution >= 4 is 29.3 Å². The quantitative estimate of drug-likeness (QED) is 0.322. The van der Waals surface area contributed by atoms with Gasteiger partial charge in [-0.3, -0.25) is 19.7 Å². The molecule has 0 aliphatic carbocycles. The predicted octanol–water partition coefficient (Wildman–Crippen LogP) is 2.62. The molecule has 0 spiro atoms. The van der Waals surface area contributed by atoms with Crippen LogP contribution in [0.5, 0.6) is 0 Å². The molecule has 2 aromatic carbocycles. The maximum absolute atomic E-state index is 12.0. The molecule has 2 N–H and O–H groups in total. The van der Waals surface area contributed by atoms with Crippen LogP contribution in [0.3, 0.4) is 0 Å². The summed E-state index contributed by atoms with van der Waals surface area (Å²) in [5.41, 5.74) is 1.54. The van der Waals surface area contributed by atoms with Crippen molar-refractivity contribution in [2.24, 2.45) is 0 Å². The van der Waals surface area contributed by atoms with Gasteiger partial charge in [-0.15, -0.1) is 0 Å². The zero-order valence-corrected chi connectivity index (χ0v) is 14.7. The van der Waals surface area contributed by atoms with Crippen LogP contribution < -0.4 is 10.6 Å². The van der Waals surface area contributed by atoms with E-state index in [4.69, 9.17) is 4.74 Å². The second-order valence-electron chi connectivity index (χ2n) is 5.50. The first kappa shape index (κ1) is 19.8. The van der Waals surface area contributed by atoms with Gasteiger partial charge < -0.3 is 15.4 Å². The molecule has 8 nitrogen and oxygen atoms in total. The summed E-state index contributed by atoms with van der Waals surface area (Å²) in [4.78, 5) is 34.2. The average Bonchev–Trinajstić information content (AvgIpc) is 2.67. The molecule has 0 saturated heterocycles. The molecule has 0 atom stereocenters. The van der Waals surface area contributed by atoms with E-state index in [0.717, 1.165) is 0 Å². The van der Waals surface area contributed by atoms with E-state index < -0.39 is 4.92 Å². The van der Waals surface area contributed by atoms with Gasteiger partial charge in [0.25, 0.3) is 11.6 Å². The molecule has 27 heavy (non-hydrogen) atoms. The lowest BCUT2D eigenvalue weighted by Crippen LogP contribution is -2.27. The van der Waals surface area contributed by atoms with Crippen LogP contribution >= 0.6 is 0 Å². The molecule has 0 bridgehead atoms. The third-order valence-corrected chi connectivity index (χ3v) is 3.52. The number of nitrogens with one attached hydrogen (secondary N) is 2. The van der Waals surface area contributed by atoms with E-state index in [1.54, 1.807) is 49.6 Å². The Kier molecular flexibility index (Phi) is 7.21. The number of benzene rings is 2. The standard InChI is InChI=1S/C19H19N3O5/c1-27-12-11-20-19(24)15-3-2-4-16(13-15)21-18(23)10-7-14-5-8-17(9-6-14)22(25)26/h2-10,13H,11-12H2,1H3,(H,20,24)(H,21,23)/b10-7+. The van der Waals surface area contributed by atoms with Crippen LogP contribution in [0.15, 0.2) is 54.6 Å². The number of carbonyl (C=O) groups is 2. The van der Waals surface area contributed by atoms with Crippen LogP contribution in [-0.4, -0.2) is 37.0 Å². The number of methoxy groups -OCH3 is 1. The largest absolute Gasteiger partial charge is 0.383 e. The first-order chi connectivity index (χ1) is 13.0. The Balaban J connectivity index is 1.96. The number of anilines is 1. The molecule has 0 fully saturated rings. The van der Waals surface area contributed by atoms with Crippen molar-refractivity contribution in [1.82, 2.24) is 5.32 Å². The molecule has 2 aromatic rings. The Bertz CT molecular complexity index is 847. The van der Waals surface area contributed by atoms with Crippen molar-refractivity contribution in [2.45, 2.75) is 0 Å². The van der Waals surface area contributed by atoms with E-state index in [1.165, 1.54) is 18.2 Å². The van der Waals surface area contributed by atoms with Gasteiger partial charge in [0, 0.05) is 43.1 Å². The monoisotopic (exact) mass is 369 g/mol. The highest BCUT2D eigenvalue weighted by Crippen LogP contribution is 2.14. The summed E-state index contributed by atoms with van der Waals surface area (Å²) in [6, 6.07) is 12.4. The molecule has 140 valence electrons. The Hall–Kier alpha value is -3.52. The fraction of sp³-hybridized carbons (Fsp3) is 0.158. The number of nitrogens with zero attached hydrogens (tertiary/aromatic N) is 1. The van der Waals surface area contributed by atoms with Gasteiger partial charge in [-0.1, -0.05) is 6.07 Å². The summed E-state index contributed by atoms with van der Waals surface area (Å²) in [5, 5.41) is 16.0. The van der Waals surface area contributed by atoms with E-state index >= 15 is 0 Å². The van der Waals surface area contributed by atoms with Crippen LogP contribution in [0.4, 0.5) is 11.4 Å². The van der Waals surface area contributed by atoms with Crippen LogP contribution in [0.25, 0.3) is 6.08 Å². The second kappa shape index (κ2) is 9.83. The molecule has 0 radical (unpaired) electrons. The van der Waals surface area contributed by atoms with Crippen molar-refractivity contribution in [1.29, 1.82) is 0 Å². The number of ether oxygens (including phenoxy) is 1. The smallest absolute Gasteiger partial charge is 0.269 e. The lowest BCUT2D eigenvalue weighted by Gasteiger charge is -2.07. The van der Waals surface area contributed by atoms with Gasteiger partial charge in [-0.05, 0) is 42.0 Å². The molecule has 0 aromatic heterocycles. The van der Waals surface area contributed by atoms with Crippen LogP contribution in [-0.2, 0) is 9.53 Å². The van der Waals surface area contributed by atoms with Crippen molar-refractivity contribution in [2.75, 3.05) is 25.6 Å². The zero-order chi connectivity index (χ0) is 19.6. The Morgan fingerprint density at radius 3 is 2.59 bits per heavy atom. The molecule has 0 unspecified atom stereocenters. The molecule has 8 heteroatoms. The van der Waals surface area contributed by atoms with Gasteiger partial charge in [-0.25, -0.2) is 0 Å². The van der Waals surface area contributed by atoms with E-state index in [-0.39, 0.29) is 17.5 Å². The molecule has 0 saturated carbocycles. The average molecular weight is 369 g/mol.